The van der Waals surface area contributed by atoms with Crippen molar-refractivity contribution in [2.24, 2.45) is 0 Å². The minimum atomic E-state index is 0.156. The van der Waals surface area contributed by atoms with Gasteiger partial charge in [-0.05, 0) is 43.5 Å². The number of halogens is 1. The maximum absolute atomic E-state index is 11.9. The van der Waals surface area contributed by atoms with E-state index in [1.54, 1.807) is 18.3 Å². The average Bonchev–Trinajstić information content (AvgIpc) is 2.44. The summed E-state index contributed by atoms with van der Waals surface area (Å²) >= 11 is 5.87. The summed E-state index contributed by atoms with van der Waals surface area (Å²) in [6.45, 7) is 0. The minimum Gasteiger partial charge on any atom is -0.294 e. The predicted octanol–water partition coefficient (Wildman–Crippen LogP) is 4.33. The van der Waals surface area contributed by atoms with Gasteiger partial charge in [-0.15, -0.1) is 0 Å². The fourth-order valence-corrected chi connectivity index (χ4v) is 2.13. The molecule has 0 bridgehead atoms. The molecule has 0 N–H and O–H groups in total. The molecule has 0 aliphatic rings. The van der Waals surface area contributed by atoms with Crippen molar-refractivity contribution in [3.05, 3.63) is 64.9 Å². The van der Waals surface area contributed by atoms with Gasteiger partial charge >= 0.3 is 0 Å². The van der Waals surface area contributed by atoms with Crippen molar-refractivity contribution in [3.63, 3.8) is 0 Å². The number of aromatic nitrogens is 1. The Labute approximate surface area is 118 Å². The maximum Gasteiger partial charge on any atom is 0.162 e. The maximum atomic E-state index is 11.9. The Hall–Kier alpha value is -1.67. The van der Waals surface area contributed by atoms with E-state index in [9.17, 15) is 4.79 Å². The van der Waals surface area contributed by atoms with Crippen LogP contribution in [0.1, 0.15) is 35.3 Å². The highest BCUT2D eigenvalue weighted by atomic mass is 35.5. The van der Waals surface area contributed by atoms with Crippen LogP contribution in [-0.4, -0.2) is 10.8 Å². The molecular formula is C16H16ClNO. The summed E-state index contributed by atoms with van der Waals surface area (Å²) in [6.07, 6.45) is 5.13. The van der Waals surface area contributed by atoms with Crippen molar-refractivity contribution < 1.29 is 4.79 Å². The first-order valence-electron chi connectivity index (χ1n) is 6.44. The van der Waals surface area contributed by atoms with E-state index in [0.29, 0.717) is 17.0 Å². The molecule has 1 heterocycles. The molecule has 0 aliphatic carbocycles. The van der Waals surface area contributed by atoms with E-state index in [1.807, 2.05) is 30.3 Å². The molecule has 0 aliphatic heterocycles. The standard InChI is InChI=1S/C16H16ClNO/c17-14-7-5-6-13(12-14)16(19)10-2-1-8-15-9-3-4-11-18-15/h3-7,9,11-12H,1-2,8,10H2. The SMILES string of the molecule is O=C(CCCCc1ccccn1)c1cccc(Cl)c1. The Morgan fingerprint density at radius 1 is 1.11 bits per heavy atom. The molecule has 0 saturated heterocycles. The lowest BCUT2D eigenvalue weighted by atomic mass is 10.0. The Kier molecular flexibility index (Phi) is 5.10. The van der Waals surface area contributed by atoms with E-state index in [0.717, 1.165) is 25.0 Å². The largest absolute Gasteiger partial charge is 0.294 e. The zero-order valence-electron chi connectivity index (χ0n) is 10.7. The Bertz CT molecular complexity index is 539. The molecule has 0 fully saturated rings. The molecule has 1 aromatic heterocycles. The highest BCUT2D eigenvalue weighted by molar-refractivity contribution is 6.31. The molecule has 3 heteroatoms. The van der Waals surface area contributed by atoms with Crippen LogP contribution in [0.2, 0.25) is 5.02 Å². The van der Waals surface area contributed by atoms with Crippen molar-refractivity contribution in [1.82, 2.24) is 4.98 Å². The lowest BCUT2D eigenvalue weighted by Crippen LogP contribution is -1.99. The van der Waals surface area contributed by atoms with Gasteiger partial charge in [0.2, 0.25) is 0 Å². The molecular weight excluding hydrogens is 258 g/mol. The second-order valence-corrected chi connectivity index (χ2v) is 4.90. The van der Waals surface area contributed by atoms with Gasteiger partial charge in [0.1, 0.15) is 0 Å². The number of carbonyl (C=O) groups excluding carboxylic acids is 1. The van der Waals surface area contributed by atoms with Gasteiger partial charge in [-0.2, -0.15) is 0 Å². The average molecular weight is 274 g/mol. The summed E-state index contributed by atoms with van der Waals surface area (Å²) in [5.41, 5.74) is 1.78. The first kappa shape index (κ1) is 13.8. The molecule has 19 heavy (non-hydrogen) atoms. The molecule has 2 rings (SSSR count). The van der Waals surface area contributed by atoms with Gasteiger partial charge in [0.25, 0.3) is 0 Å². The third-order valence-electron chi connectivity index (χ3n) is 2.96. The third kappa shape index (κ3) is 4.49. The van der Waals surface area contributed by atoms with Crippen LogP contribution in [0.15, 0.2) is 48.7 Å². The normalized spacial score (nSPS) is 10.4. The van der Waals surface area contributed by atoms with Crippen LogP contribution in [0.3, 0.4) is 0 Å². The molecule has 0 saturated carbocycles. The minimum absolute atomic E-state index is 0.156. The first-order valence-corrected chi connectivity index (χ1v) is 6.82. The molecule has 98 valence electrons. The zero-order valence-corrected chi connectivity index (χ0v) is 11.4. The summed E-state index contributed by atoms with van der Waals surface area (Å²) in [6, 6.07) is 13.0. The number of unbranched alkanes of at least 4 members (excludes halogenated alkanes) is 1. The van der Waals surface area contributed by atoms with E-state index in [2.05, 4.69) is 4.98 Å². The number of carbonyl (C=O) groups is 1. The molecule has 1 aromatic carbocycles. The number of rotatable bonds is 6. The van der Waals surface area contributed by atoms with Crippen molar-refractivity contribution in [3.8, 4) is 0 Å². The Morgan fingerprint density at radius 3 is 2.74 bits per heavy atom. The second-order valence-electron chi connectivity index (χ2n) is 4.46. The monoisotopic (exact) mass is 273 g/mol. The van der Waals surface area contributed by atoms with Crippen LogP contribution in [0, 0.1) is 0 Å². The number of pyridine rings is 1. The van der Waals surface area contributed by atoms with Crippen LogP contribution >= 0.6 is 11.6 Å². The number of aryl methyl sites for hydroxylation is 1. The highest BCUT2D eigenvalue weighted by Gasteiger charge is 2.05. The van der Waals surface area contributed by atoms with E-state index in [1.165, 1.54) is 0 Å². The first-order chi connectivity index (χ1) is 9.25. The third-order valence-corrected chi connectivity index (χ3v) is 3.19. The van der Waals surface area contributed by atoms with Gasteiger partial charge < -0.3 is 0 Å². The van der Waals surface area contributed by atoms with E-state index >= 15 is 0 Å². The molecule has 0 amide bonds. The lowest BCUT2D eigenvalue weighted by Gasteiger charge is -2.02. The van der Waals surface area contributed by atoms with Crippen LogP contribution in [-0.2, 0) is 6.42 Å². The van der Waals surface area contributed by atoms with Gasteiger partial charge in [0.05, 0.1) is 0 Å². The summed E-state index contributed by atoms with van der Waals surface area (Å²) in [7, 11) is 0. The van der Waals surface area contributed by atoms with Crippen LogP contribution in [0.25, 0.3) is 0 Å². The van der Waals surface area contributed by atoms with E-state index < -0.39 is 0 Å². The van der Waals surface area contributed by atoms with Gasteiger partial charge in [-0.25, -0.2) is 0 Å². The number of ketones is 1. The van der Waals surface area contributed by atoms with Crippen molar-refractivity contribution in [2.75, 3.05) is 0 Å². The predicted molar refractivity (Wildman–Crippen MR) is 77.6 cm³/mol. The van der Waals surface area contributed by atoms with Gasteiger partial charge in [0.15, 0.2) is 5.78 Å². The molecule has 2 nitrogen and oxygen atoms in total. The van der Waals surface area contributed by atoms with Crippen LogP contribution < -0.4 is 0 Å². The summed E-state index contributed by atoms with van der Waals surface area (Å²) < 4.78 is 0. The molecule has 0 spiro atoms. The molecule has 2 aromatic rings. The fourth-order valence-electron chi connectivity index (χ4n) is 1.94. The second kappa shape index (κ2) is 7.05. The number of hydrogen-bond donors (Lipinski definition) is 0. The Balaban J connectivity index is 1.75. The summed E-state index contributed by atoms with van der Waals surface area (Å²) in [4.78, 5) is 16.2. The van der Waals surface area contributed by atoms with Gasteiger partial charge in [-0.1, -0.05) is 29.8 Å². The van der Waals surface area contributed by atoms with Crippen molar-refractivity contribution >= 4 is 17.4 Å². The van der Waals surface area contributed by atoms with Crippen LogP contribution in [0.4, 0.5) is 0 Å². The highest BCUT2D eigenvalue weighted by Crippen LogP contribution is 2.14. The topological polar surface area (TPSA) is 30.0 Å². The van der Waals surface area contributed by atoms with Gasteiger partial charge in [0, 0.05) is 28.9 Å². The number of Topliss-reactive ketones (excluding diaryl/α,β-unsaturated/α-hetero) is 1. The van der Waals surface area contributed by atoms with Crippen molar-refractivity contribution in [1.29, 1.82) is 0 Å². The number of hydrogen-bond acceptors (Lipinski definition) is 2. The fraction of sp³-hybridized carbons (Fsp3) is 0.250. The smallest absolute Gasteiger partial charge is 0.162 e. The Morgan fingerprint density at radius 2 is 2.00 bits per heavy atom. The number of nitrogens with zero attached hydrogens (tertiary/aromatic N) is 1. The molecule has 0 radical (unpaired) electrons. The quantitative estimate of drug-likeness (QED) is 0.579. The van der Waals surface area contributed by atoms with Crippen LogP contribution in [0.5, 0.6) is 0 Å². The zero-order chi connectivity index (χ0) is 13.5. The lowest BCUT2D eigenvalue weighted by molar-refractivity contribution is 0.0979. The molecule has 0 atom stereocenters. The summed E-state index contributed by atoms with van der Waals surface area (Å²) in [5, 5.41) is 0.610. The summed E-state index contributed by atoms with van der Waals surface area (Å²) in [5.74, 6) is 0.156. The van der Waals surface area contributed by atoms with E-state index in [4.69, 9.17) is 11.6 Å². The number of benzene rings is 1. The molecule has 0 unspecified atom stereocenters. The van der Waals surface area contributed by atoms with Gasteiger partial charge in [-0.3, -0.25) is 9.78 Å². The van der Waals surface area contributed by atoms with Crippen molar-refractivity contribution in [2.45, 2.75) is 25.7 Å². The van der Waals surface area contributed by atoms with E-state index in [-0.39, 0.29) is 5.78 Å².